The molecule has 9 heteroatoms. The summed E-state index contributed by atoms with van der Waals surface area (Å²) in [6, 6.07) is 4.54. The first-order chi connectivity index (χ1) is 10.0. The lowest BCUT2D eigenvalue weighted by molar-refractivity contribution is -0.385. The molecule has 0 atom stereocenters. The predicted octanol–water partition coefficient (Wildman–Crippen LogP) is 2.72. The Kier molecular flexibility index (Phi) is 4.43. The number of esters is 1. The van der Waals surface area contributed by atoms with Gasteiger partial charge in [-0.05, 0) is 36.8 Å². The van der Waals surface area contributed by atoms with Gasteiger partial charge in [-0.25, -0.2) is 4.79 Å². The van der Waals surface area contributed by atoms with Gasteiger partial charge >= 0.3 is 11.7 Å². The van der Waals surface area contributed by atoms with Crippen molar-refractivity contribution >= 4 is 23.0 Å². The van der Waals surface area contributed by atoms with Gasteiger partial charge in [0.25, 0.3) is 5.19 Å². The zero-order valence-corrected chi connectivity index (χ0v) is 12.0. The maximum atomic E-state index is 11.5. The van der Waals surface area contributed by atoms with E-state index in [2.05, 4.69) is 10.2 Å². The Morgan fingerprint density at radius 3 is 2.86 bits per heavy atom. The van der Waals surface area contributed by atoms with Crippen LogP contribution in [-0.4, -0.2) is 27.7 Å². The Balaban J connectivity index is 2.23. The van der Waals surface area contributed by atoms with Gasteiger partial charge in [0.05, 0.1) is 11.5 Å². The van der Waals surface area contributed by atoms with E-state index in [1.807, 2.05) is 0 Å². The van der Waals surface area contributed by atoms with E-state index in [1.54, 1.807) is 19.9 Å². The van der Waals surface area contributed by atoms with Gasteiger partial charge < -0.3 is 9.47 Å². The fraction of sp³-hybridized carbons (Fsp3) is 0.250. The Hall–Kier alpha value is -2.55. The number of rotatable bonds is 5. The molecular weight excluding hydrogens is 298 g/mol. The number of nitro benzene ring substituents is 1. The first kappa shape index (κ1) is 14.9. The van der Waals surface area contributed by atoms with Crippen LogP contribution < -0.4 is 4.74 Å². The van der Waals surface area contributed by atoms with E-state index in [1.165, 1.54) is 12.1 Å². The fourth-order valence-corrected chi connectivity index (χ4v) is 2.08. The molecule has 0 N–H and O–H groups in total. The summed E-state index contributed by atoms with van der Waals surface area (Å²) in [5.41, 5.74) is 0.557. The maximum absolute atomic E-state index is 11.5. The van der Waals surface area contributed by atoms with Gasteiger partial charge in [-0.15, -0.1) is 5.10 Å². The minimum absolute atomic E-state index is 0.0293. The molecule has 0 amide bonds. The number of hydrogen-bond acceptors (Lipinski definition) is 8. The van der Waals surface area contributed by atoms with Crippen molar-refractivity contribution in [1.29, 1.82) is 0 Å². The molecule has 0 aliphatic carbocycles. The summed E-state index contributed by atoms with van der Waals surface area (Å²) in [4.78, 5) is 21.9. The van der Waals surface area contributed by atoms with Crippen molar-refractivity contribution in [2.45, 2.75) is 13.8 Å². The van der Waals surface area contributed by atoms with Gasteiger partial charge in [-0.3, -0.25) is 10.1 Å². The highest BCUT2D eigenvalue weighted by molar-refractivity contribution is 7.14. The molecular formula is C12H11N3O5S. The minimum atomic E-state index is -0.608. The average Bonchev–Trinajstić information content (AvgIpc) is 2.89. The van der Waals surface area contributed by atoms with Crippen LogP contribution in [-0.2, 0) is 4.74 Å². The molecule has 21 heavy (non-hydrogen) atoms. The van der Waals surface area contributed by atoms with Crippen LogP contribution in [0.1, 0.15) is 22.3 Å². The predicted molar refractivity (Wildman–Crippen MR) is 73.8 cm³/mol. The van der Waals surface area contributed by atoms with E-state index in [9.17, 15) is 14.9 Å². The van der Waals surface area contributed by atoms with Crippen molar-refractivity contribution in [3.63, 3.8) is 0 Å². The molecule has 8 nitrogen and oxygen atoms in total. The molecule has 0 saturated carbocycles. The average molecular weight is 309 g/mol. The topological polar surface area (TPSA) is 104 Å². The van der Waals surface area contributed by atoms with Gasteiger partial charge in [0.2, 0.25) is 10.8 Å². The van der Waals surface area contributed by atoms with E-state index < -0.39 is 10.9 Å². The van der Waals surface area contributed by atoms with Crippen LogP contribution in [0.2, 0.25) is 0 Å². The Bertz CT molecular complexity index is 685. The summed E-state index contributed by atoms with van der Waals surface area (Å²) in [7, 11) is 0. The van der Waals surface area contributed by atoms with E-state index in [0.29, 0.717) is 0 Å². The largest absolute Gasteiger partial charge is 0.461 e. The van der Waals surface area contributed by atoms with E-state index >= 15 is 0 Å². The van der Waals surface area contributed by atoms with Crippen LogP contribution in [0.15, 0.2) is 18.2 Å². The van der Waals surface area contributed by atoms with Gasteiger partial charge in [0, 0.05) is 6.07 Å². The van der Waals surface area contributed by atoms with Crippen molar-refractivity contribution in [3.05, 3.63) is 38.9 Å². The number of carbonyl (C=O) groups excluding carboxylic acids is 1. The summed E-state index contributed by atoms with van der Waals surface area (Å²) >= 11 is 0.859. The van der Waals surface area contributed by atoms with Crippen LogP contribution in [0.4, 0.5) is 5.69 Å². The van der Waals surface area contributed by atoms with Crippen LogP contribution in [0.5, 0.6) is 10.9 Å². The monoisotopic (exact) mass is 309 g/mol. The molecule has 1 aromatic heterocycles. The third kappa shape index (κ3) is 3.51. The zero-order valence-electron chi connectivity index (χ0n) is 11.2. The Labute approximate surface area is 123 Å². The summed E-state index contributed by atoms with van der Waals surface area (Å²) < 4.78 is 10.1. The first-order valence-corrected chi connectivity index (χ1v) is 6.76. The lowest BCUT2D eigenvalue weighted by Gasteiger charge is -2.02. The Morgan fingerprint density at radius 1 is 1.43 bits per heavy atom. The van der Waals surface area contributed by atoms with Crippen LogP contribution in [0.25, 0.3) is 0 Å². The summed E-state index contributed by atoms with van der Waals surface area (Å²) in [5, 5.41) is 18.3. The molecule has 0 radical (unpaired) electrons. The Morgan fingerprint density at radius 2 is 2.19 bits per heavy atom. The molecule has 1 aromatic carbocycles. The number of benzene rings is 1. The molecule has 0 saturated heterocycles. The molecule has 2 rings (SSSR count). The molecule has 1 heterocycles. The number of nitrogens with zero attached hydrogens (tertiary/aromatic N) is 3. The summed E-state index contributed by atoms with van der Waals surface area (Å²) in [5.74, 6) is -0.569. The second kappa shape index (κ2) is 6.27. The van der Waals surface area contributed by atoms with Gasteiger partial charge in [0.15, 0.2) is 0 Å². The molecule has 0 spiro atoms. The maximum Gasteiger partial charge on any atom is 0.369 e. The quantitative estimate of drug-likeness (QED) is 0.475. The first-order valence-electron chi connectivity index (χ1n) is 5.94. The second-order valence-electron chi connectivity index (χ2n) is 3.92. The number of aromatic nitrogens is 2. The van der Waals surface area contributed by atoms with Gasteiger partial charge in [-0.1, -0.05) is 11.2 Å². The van der Waals surface area contributed by atoms with Gasteiger partial charge in [-0.2, -0.15) is 0 Å². The highest BCUT2D eigenvalue weighted by Crippen LogP contribution is 2.33. The van der Waals surface area contributed by atoms with E-state index in [0.717, 1.165) is 16.9 Å². The molecule has 0 aliphatic rings. The molecule has 0 fully saturated rings. The molecule has 0 bridgehead atoms. The number of ether oxygens (including phenoxy) is 2. The standard InChI is InChI=1S/C12H11N3O5S/c1-3-19-11(16)10-13-14-12(21-10)20-9-5-4-7(2)6-8(9)15(17)18/h4-6H,3H2,1-2H3. The van der Waals surface area contributed by atoms with E-state index in [-0.39, 0.29) is 28.2 Å². The number of nitro groups is 1. The lowest BCUT2D eigenvalue weighted by Crippen LogP contribution is -2.03. The summed E-state index contributed by atoms with van der Waals surface area (Å²) in [6.45, 7) is 3.63. The van der Waals surface area contributed by atoms with Gasteiger partial charge in [0.1, 0.15) is 0 Å². The second-order valence-corrected chi connectivity index (χ2v) is 4.86. The number of hydrogen-bond donors (Lipinski definition) is 0. The lowest BCUT2D eigenvalue weighted by atomic mass is 10.2. The van der Waals surface area contributed by atoms with Crippen molar-refractivity contribution in [2.75, 3.05) is 6.61 Å². The van der Waals surface area contributed by atoms with Crippen molar-refractivity contribution in [1.82, 2.24) is 10.2 Å². The SMILES string of the molecule is CCOC(=O)c1nnc(Oc2ccc(C)cc2[N+](=O)[O-])s1. The highest BCUT2D eigenvalue weighted by atomic mass is 32.1. The normalized spacial score (nSPS) is 10.2. The van der Waals surface area contributed by atoms with Crippen molar-refractivity contribution in [3.8, 4) is 10.9 Å². The molecule has 0 aliphatic heterocycles. The van der Waals surface area contributed by atoms with Crippen molar-refractivity contribution in [2.24, 2.45) is 0 Å². The molecule has 2 aromatic rings. The smallest absolute Gasteiger partial charge is 0.369 e. The van der Waals surface area contributed by atoms with E-state index in [4.69, 9.17) is 9.47 Å². The molecule has 110 valence electrons. The summed E-state index contributed by atoms with van der Waals surface area (Å²) in [6.07, 6.45) is 0. The number of aryl methyl sites for hydroxylation is 1. The van der Waals surface area contributed by atoms with Crippen LogP contribution >= 0.6 is 11.3 Å². The number of carbonyl (C=O) groups is 1. The third-order valence-corrected chi connectivity index (χ3v) is 3.15. The fourth-order valence-electron chi connectivity index (χ4n) is 1.48. The zero-order chi connectivity index (χ0) is 15.4. The van der Waals surface area contributed by atoms with Crippen molar-refractivity contribution < 1.29 is 19.2 Å². The van der Waals surface area contributed by atoms with Crippen LogP contribution in [0.3, 0.4) is 0 Å². The molecule has 0 unspecified atom stereocenters. The third-order valence-electron chi connectivity index (χ3n) is 2.36. The minimum Gasteiger partial charge on any atom is -0.461 e. The van der Waals surface area contributed by atoms with Crippen LogP contribution in [0, 0.1) is 17.0 Å². The highest BCUT2D eigenvalue weighted by Gasteiger charge is 2.19.